The zero-order valence-electron chi connectivity index (χ0n) is 9.21. The molecule has 3 nitrogen and oxygen atoms in total. The van der Waals surface area contributed by atoms with Crippen molar-refractivity contribution in [3.05, 3.63) is 28.2 Å². The molecule has 0 aromatic heterocycles. The van der Waals surface area contributed by atoms with Gasteiger partial charge in [0, 0.05) is 5.41 Å². The predicted octanol–water partition coefficient (Wildman–Crippen LogP) is 2.63. The first-order valence-corrected chi connectivity index (χ1v) is 5.47. The molecule has 0 aliphatic rings. The van der Waals surface area contributed by atoms with Crippen LogP contribution in [0.2, 0.25) is 0 Å². The Bertz CT molecular complexity index is 339. The van der Waals surface area contributed by atoms with E-state index in [1.54, 1.807) is 7.11 Å². The molecule has 0 aliphatic heterocycles. The van der Waals surface area contributed by atoms with Crippen LogP contribution >= 0.6 is 15.9 Å². The first kappa shape index (κ1) is 12.5. The van der Waals surface area contributed by atoms with Crippen molar-refractivity contribution >= 4 is 15.9 Å². The van der Waals surface area contributed by atoms with E-state index in [4.69, 9.17) is 15.5 Å². The molecular formula is C11H16BrNO2. The van der Waals surface area contributed by atoms with Gasteiger partial charge >= 0.3 is 0 Å². The van der Waals surface area contributed by atoms with E-state index < -0.39 is 0 Å². The van der Waals surface area contributed by atoms with Crippen molar-refractivity contribution in [3.8, 4) is 5.75 Å². The quantitative estimate of drug-likeness (QED) is 0.858. The summed E-state index contributed by atoms with van der Waals surface area (Å²) in [6, 6.07) is 5.90. The molecule has 0 saturated carbocycles. The molecular weight excluding hydrogens is 258 g/mol. The van der Waals surface area contributed by atoms with Gasteiger partial charge in [-0.3, -0.25) is 0 Å². The molecule has 0 atom stereocenters. The molecule has 1 rings (SSSR count). The van der Waals surface area contributed by atoms with Gasteiger partial charge in [-0.15, -0.1) is 0 Å². The second-order valence-electron chi connectivity index (χ2n) is 4.02. The molecule has 15 heavy (non-hydrogen) atoms. The number of benzene rings is 1. The van der Waals surface area contributed by atoms with Crippen LogP contribution in [0.1, 0.15) is 19.4 Å². The summed E-state index contributed by atoms with van der Waals surface area (Å²) in [4.78, 5) is 4.73. The van der Waals surface area contributed by atoms with E-state index in [-0.39, 0.29) is 5.41 Å². The Labute approximate surface area is 98.6 Å². The zero-order chi connectivity index (χ0) is 11.5. The highest BCUT2D eigenvalue weighted by Crippen LogP contribution is 2.36. The first-order valence-electron chi connectivity index (χ1n) is 4.67. The normalized spacial score (nSPS) is 11.5. The summed E-state index contributed by atoms with van der Waals surface area (Å²) in [6.07, 6.45) is 0. The molecule has 1 aromatic rings. The Hall–Kier alpha value is -0.580. The van der Waals surface area contributed by atoms with Gasteiger partial charge < -0.3 is 9.57 Å². The average molecular weight is 274 g/mol. The van der Waals surface area contributed by atoms with E-state index >= 15 is 0 Å². The Morgan fingerprint density at radius 1 is 1.40 bits per heavy atom. The maximum atomic E-state index is 5.24. The number of nitrogens with two attached hydrogens (primary N) is 1. The van der Waals surface area contributed by atoms with Crippen LogP contribution in [0.3, 0.4) is 0 Å². The molecule has 2 N–H and O–H groups in total. The smallest absolute Gasteiger partial charge is 0.133 e. The summed E-state index contributed by atoms with van der Waals surface area (Å²) in [6.45, 7) is 4.59. The maximum absolute atomic E-state index is 5.24. The Morgan fingerprint density at radius 3 is 2.60 bits per heavy atom. The van der Waals surface area contributed by atoms with Crippen molar-refractivity contribution in [1.82, 2.24) is 0 Å². The minimum atomic E-state index is -0.151. The van der Waals surface area contributed by atoms with Crippen LogP contribution in [-0.4, -0.2) is 13.7 Å². The van der Waals surface area contributed by atoms with Crippen LogP contribution in [0.4, 0.5) is 0 Å². The highest BCUT2D eigenvalue weighted by molar-refractivity contribution is 9.10. The highest BCUT2D eigenvalue weighted by atomic mass is 79.9. The zero-order valence-corrected chi connectivity index (χ0v) is 10.8. The summed E-state index contributed by atoms with van der Waals surface area (Å²) in [5, 5.41) is 0. The summed E-state index contributed by atoms with van der Waals surface area (Å²) < 4.78 is 6.19. The van der Waals surface area contributed by atoms with Crippen molar-refractivity contribution < 1.29 is 9.57 Å². The first-order chi connectivity index (χ1) is 7.03. The molecule has 0 bridgehead atoms. The highest BCUT2D eigenvalue weighted by Gasteiger charge is 2.24. The second-order valence-corrected chi connectivity index (χ2v) is 4.81. The fourth-order valence-corrected chi connectivity index (χ4v) is 2.44. The standard InChI is InChI=1S/C11H16BrNO2/c1-11(2,7-15-13)8-5-4-6-9(14-3)10(8)12/h4-6H,7,13H2,1-3H3. The summed E-state index contributed by atoms with van der Waals surface area (Å²) >= 11 is 3.53. The SMILES string of the molecule is COc1cccc(C(C)(C)CON)c1Br. The number of halogens is 1. The maximum Gasteiger partial charge on any atom is 0.133 e. The summed E-state index contributed by atoms with van der Waals surface area (Å²) in [5.41, 5.74) is 0.967. The molecule has 0 fully saturated rings. The van der Waals surface area contributed by atoms with Crippen molar-refractivity contribution in [2.45, 2.75) is 19.3 Å². The lowest BCUT2D eigenvalue weighted by atomic mass is 9.85. The minimum absolute atomic E-state index is 0.151. The monoisotopic (exact) mass is 273 g/mol. The molecule has 0 heterocycles. The third kappa shape index (κ3) is 2.71. The van der Waals surface area contributed by atoms with Gasteiger partial charge in [-0.2, -0.15) is 0 Å². The molecule has 84 valence electrons. The molecule has 0 spiro atoms. The topological polar surface area (TPSA) is 44.5 Å². The van der Waals surface area contributed by atoms with Crippen molar-refractivity contribution in [2.75, 3.05) is 13.7 Å². The number of ether oxygens (including phenoxy) is 1. The second kappa shape index (κ2) is 4.96. The molecule has 1 aromatic carbocycles. The number of methoxy groups -OCH3 is 1. The number of hydrogen-bond acceptors (Lipinski definition) is 3. The van der Waals surface area contributed by atoms with Gasteiger partial charge in [0.1, 0.15) is 5.75 Å². The van der Waals surface area contributed by atoms with Gasteiger partial charge in [0.2, 0.25) is 0 Å². The Kier molecular flexibility index (Phi) is 4.13. The lowest BCUT2D eigenvalue weighted by Gasteiger charge is -2.25. The molecule has 0 amide bonds. The lowest BCUT2D eigenvalue weighted by Crippen LogP contribution is -2.26. The van der Waals surface area contributed by atoms with Crippen molar-refractivity contribution in [3.63, 3.8) is 0 Å². The van der Waals surface area contributed by atoms with Crippen molar-refractivity contribution in [1.29, 1.82) is 0 Å². The summed E-state index contributed by atoms with van der Waals surface area (Å²) in [7, 11) is 1.65. The number of rotatable bonds is 4. The van der Waals surface area contributed by atoms with Crippen LogP contribution in [0.5, 0.6) is 5.75 Å². The third-order valence-electron chi connectivity index (χ3n) is 2.36. The fourth-order valence-electron chi connectivity index (χ4n) is 1.48. The van der Waals surface area contributed by atoms with Crippen molar-refractivity contribution in [2.24, 2.45) is 5.90 Å². The largest absolute Gasteiger partial charge is 0.496 e. The van der Waals surface area contributed by atoms with E-state index in [0.717, 1.165) is 15.8 Å². The van der Waals surface area contributed by atoms with Crippen LogP contribution in [-0.2, 0) is 10.3 Å². The van der Waals surface area contributed by atoms with E-state index in [0.29, 0.717) is 6.61 Å². The van der Waals surface area contributed by atoms with Crippen LogP contribution in [0, 0.1) is 0 Å². The van der Waals surface area contributed by atoms with Crippen LogP contribution in [0.25, 0.3) is 0 Å². The molecule has 4 heteroatoms. The fraction of sp³-hybridized carbons (Fsp3) is 0.455. The van der Waals surface area contributed by atoms with Crippen LogP contribution in [0.15, 0.2) is 22.7 Å². The van der Waals surface area contributed by atoms with E-state index in [2.05, 4.69) is 29.8 Å². The van der Waals surface area contributed by atoms with Gasteiger partial charge in [0.05, 0.1) is 18.2 Å². The minimum Gasteiger partial charge on any atom is -0.496 e. The Balaban J connectivity index is 3.14. The molecule has 0 saturated heterocycles. The van der Waals surface area contributed by atoms with Crippen LogP contribution < -0.4 is 10.6 Å². The Morgan fingerprint density at radius 2 is 2.07 bits per heavy atom. The average Bonchev–Trinajstić information content (AvgIpc) is 2.17. The predicted molar refractivity (Wildman–Crippen MR) is 63.9 cm³/mol. The molecule has 0 radical (unpaired) electrons. The van der Waals surface area contributed by atoms with Gasteiger partial charge in [-0.05, 0) is 27.6 Å². The molecule has 0 unspecified atom stereocenters. The van der Waals surface area contributed by atoms with Gasteiger partial charge in [-0.25, -0.2) is 5.90 Å². The van der Waals surface area contributed by atoms with Gasteiger partial charge in [0.15, 0.2) is 0 Å². The van der Waals surface area contributed by atoms with E-state index in [1.807, 2.05) is 18.2 Å². The molecule has 0 aliphatic carbocycles. The summed E-state index contributed by atoms with van der Waals surface area (Å²) in [5.74, 6) is 5.94. The van der Waals surface area contributed by atoms with E-state index in [1.165, 1.54) is 0 Å². The van der Waals surface area contributed by atoms with Gasteiger partial charge in [-0.1, -0.05) is 26.0 Å². The lowest BCUT2D eigenvalue weighted by molar-refractivity contribution is 0.0961. The number of hydrogen-bond donors (Lipinski definition) is 1. The van der Waals surface area contributed by atoms with Gasteiger partial charge in [0.25, 0.3) is 0 Å². The third-order valence-corrected chi connectivity index (χ3v) is 3.17. The van der Waals surface area contributed by atoms with E-state index in [9.17, 15) is 0 Å².